The van der Waals surface area contributed by atoms with Gasteiger partial charge in [-0.05, 0) is 36.3 Å². The fourth-order valence-electron chi connectivity index (χ4n) is 4.18. The lowest BCUT2D eigenvalue weighted by Crippen LogP contribution is -2.44. The summed E-state index contributed by atoms with van der Waals surface area (Å²) in [7, 11) is 1.81. The third kappa shape index (κ3) is 4.14. The van der Waals surface area contributed by atoms with Gasteiger partial charge in [-0.3, -0.25) is 9.79 Å². The van der Waals surface area contributed by atoms with Gasteiger partial charge in [0, 0.05) is 38.2 Å². The summed E-state index contributed by atoms with van der Waals surface area (Å²) < 4.78 is 0. The monoisotopic (exact) mass is 342 g/mol. The summed E-state index contributed by atoms with van der Waals surface area (Å²) in [4.78, 5) is 16.3. The molecule has 3 N–H and O–H groups in total. The normalized spacial score (nSPS) is 22.2. The third-order valence-corrected chi connectivity index (χ3v) is 5.89. The van der Waals surface area contributed by atoms with E-state index in [0.29, 0.717) is 18.4 Å². The fourth-order valence-corrected chi connectivity index (χ4v) is 4.18. The number of carbonyl (C=O) groups excluding carboxylic acids is 1. The van der Waals surface area contributed by atoms with Crippen molar-refractivity contribution < 1.29 is 4.79 Å². The maximum Gasteiger partial charge on any atom is 0.225 e. The van der Waals surface area contributed by atoms with Crippen LogP contribution < -0.4 is 16.0 Å². The second-order valence-electron chi connectivity index (χ2n) is 7.40. The highest BCUT2D eigenvalue weighted by molar-refractivity contribution is 5.94. The first-order valence-electron chi connectivity index (χ1n) is 9.49. The van der Waals surface area contributed by atoms with Gasteiger partial charge in [-0.1, -0.05) is 38.0 Å². The van der Waals surface area contributed by atoms with E-state index in [-0.39, 0.29) is 11.8 Å². The lowest BCUT2D eigenvalue weighted by molar-refractivity contribution is -0.116. The first-order chi connectivity index (χ1) is 12.2. The maximum absolute atomic E-state index is 11.9. The molecule has 0 bridgehead atoms. The van der Waals surface area contributed by atoms with E-state index in [1.54, 1.807) is 0 Å². The van der Waals surface area contributed by atoms with E-state index in [4.69, 9.17) is 0 Å². The fraction of sp³-hybridized carbons (Fsp3) is 0.600. The molecule has 0 aromatic heterocycles. The van der Waals surface area contributed by atoms with Crippen LogP contribution in [0.3, 0.4) is 0 Å². The minimum absolute atomic E-state index is 0.0873. The van der Waals surface area contributed by atoms with Crippen LogP contribution in [0.25, 0.3) is 0 Å². The summed E-state index contributed by atoms with van der Waals surface area (Å²) in [6.07, 6.45) is 7.03. The standard InChI is InChI=1S/C20H30N4O/c1-3-20(10-6-7-11-20)14-23-19(21-2)22-13-15-12-18(25)24-17-9-5-4-8-16(15)17/h4-5,8-9,15H,3,6-7,10-14H2,1-2H3,(H,24,25)(H2,21,22,23). The molecule has 0 radical (unpaired) electrons. The largest absolute Gasteiger partial charge is 0.356 e. The van der Waals surface area contributed by atoms with E-state index in [9.17, 15) is 4.79 Å². The van der Waals surface area contributed by atoms with Crippen molar-refractivity contribution in [3.63, 3.8) is 0 Å². The molecule has 1 amide bonds. The number of nitrogens with zero attached hydrogens (tertiary/aromatic N) is 1. The third-order valence-electron chi connectivity index (χ3n) is 5.89. The van der Waals surface area contributed by atoms with E-state index in [0.717, 1.165) is 18.2 Å². The molecule has 1 atom stereocenters. The Morgan fingerprint density at radius 1 is 1.28 bits per heavy atom. The van der Waals surface area contributed by atoms with Crippen LogP contribution in [0.15, 0.2) is 29.3 Å². The number of guanidine groups is 1. The molecule has 0 saturated heterocycles. The van der Waals surface area contributed by atoms with E-state index in [2.05, 4.69) is 33.9 Å². The highest BCUT2D eigenvalue weighted by Gasteiger charge is 2.32. The summed E-state index contributed by atoms with van der Waals surface area (Å²) in [5.41, 5.74) is 2.56. The predicted molar refractivity (Wildman–Crippen MR) is 103 cm³/mol. The number of nitrogens with one attached hydrogen (secondary N) is 3. The van der Waals surface area contributed by atoms with Gasteiger partial charge in [0.1, 0.15) is 0 Å². The van der Waals surface area contributed by atoms with E-state index < -0.39 is 0 Å². The molecule has 0 spiro atoms. The molecule has 3 rings (SSSR count). The number of benzene rings is 1. The molecule has 1 fully saturated rings. The Balaban J connectivity index is 1.57. The Bertz CT molecular complexity index is 634. The number of anilines is 1. The molecular formula is C20H30N4O. The van der Waals surface area contributed by atoms with Gasteiger partial charge >= 0.3 is 0 Å². The Morgan fingerprint density at radius 2 is 2.04 bits per heavy atom. The van der Waals surface area contributed by atoms with Gasteiger partial charge in [-0.25, -0.2) is 0 Å². The Kier molecular flexibility index (Phi) is 5.61. The zero-order chi connectivity index (χ0) is 17.7. The van der Waals surface area contributed by atoms with Crippen LogP contribution in [-0.4, -0.2) is 32.0 Å². The van der Waals surface area contributed by atoms with Crippen molar-refractivity contribution >= 4 is 17.6 Å². The highest BCUT2D eigenvalue weighted by atomic mass is 16.1. The van der Waals surface area contributed by atoms with Crippen LogP contribution in [0.2, 0.25) is 0 Å². The summed E-state index contributed by atoms with van der Waals surface area (Å²) in [5, 5.41) is 9.89. The van der Waals surface area contributed by atoms with Crippen LogP contribution in [0, 0.1) is 5.41 Å². The van der Waals surface area contributed by atoms with Gasteiger partial charge in [0.15, 0.2) is 5.96 Å². The van der Waals surface area contributed by atoms with Crippen molar-refractivity contribution in [3.8, 4) is 0 Å². The van der Waals surface area contributed by atoms with Crippen LogP contribution in [0.5, 0.6) is 0 Å². The SMILES string of the molecule is CCC1(CNC(=NC)NCC2CC(=O)Nc3ccccc32)CCCC1. The molecule has 25 heavy (non-hydrogen) atoms. The molecule has 1 aliphatic carbocycles. The summed E-state index contributed by atoms with van der Waals surface area (Å²) in [6.45, 7) is 3.98. The molecule has 1 unspecified atom stereocenters. The van der Waals surface area contributed by atoms with Crippen LogP contribution in [-0.2, 0) is 4.79 Å². The molecule has 5 heteroatoms. The number of rotatable bonds is 5. The number of hydrogen-bond donors (Lipinski definition) is 3. The molecular weight excluding hydrogens is 312 g/mol. The molecule has 1 saturated carbocycles. The Hall–Kier alpha value is -2.04. The van der Waals surface area contributed by atoms with Crippen molar-refractivity contribution in [1.82, 2.24) is 10.6 Å². The van der Waals surface area contributed by atoms with Gasteiger partial charge in [-0.2, -0.15) is 0 Å². The Labute approximate surface area is 150 Å². The number of hydrogen-bond acceptors (Lipinski definition) is 2. The predicted octanol–water partition coefficient (Wildman–Crippen LogP) is 3.25. The maximum atomic E-state index is 11.9. The van der Waals surface area contributed by atoms with Crippen molar-refractivity contribution in [2.75, 3.05) is 25.5 Å². The van der Waals surface area contributed by atoms with Crippen molar-refractivity contribution in [3.05, 3.63) is 29.8 Å². The molecule has 1 aromatic carbocycles. The first-order valence-corrected chi connectivity index (χ1v) is 9.49. The zero-order valence-corrected chi connectivity index (χ0v) is 15.4. The minimum atomic E-state index is 0.0873. The van der Waals surface area contributed by atoms with Gasteiger partial charge in [0.2, 0.25) is 5.91 Å². The number of para-hydroxylation sites is 1. The molecule has 136 valence electrons. The summed E-state index contributed by atoms with van der Waals surface area (Å²) in [5.74, 6) is 1.10. The lowest BCUT2D eigenvalue weighted by atomic mass is 9.83. The average Bonchev–Trinajstić information content (AvgIpc) is 3.11. The van der Waals surface area contributed by atoms with Crippen molar-refractivity contribution in [2.45, 2.75) is 51.4 Å². The average molecular weight is 342 g/mol. The van der Waals surface area contributed by atoms with E-state index in [1.165, 1.54) is 37.7 Å². The molecule has 1 heterocycles. The Morgan fingerprint density at radius 3 is 2.76 bits per heavy atom. The molecule has 1 aliphatic heterocycles. The quantitative estimate of drug-likeness (QED) is 0.568. The minimum Gasteiger partial charge on any atom is -0.356 e. The molecule has 5 nitrogen and oxygen atoms in total. The first kappa shape index (κ1) is 17.8. The number of amides is 1. The molecule has 2 aliphatic rings. The highest BCUT2D eigenvalue weighted by Crippen LogP contribution is 2.40. The van der Waals surface area contributed by atoms with Crippen molar-refractivity contribution in [1.29, 1.82) is 0 Å². The summed E-state index contributed by atoms with van der Waals surface area (Å²) in [6, 6.07) is 8.06. The topological polar surface area (TPSA) is 65.5 Å². The number of fused-ring (bicyclic) bond motifs is 1. The van der Waals surface area contributed by atoms with Gasteiger partial charge < -0.3 is 16.0 Å². The molecule has 1 aromatic rings. The van der Waals surface area contributed by atoms with Gasteiger partial charge in [0.05, 0.1) is 0 Å². The second kappa shape index (κ2) is 7.89. The van der Waals surface area contributed by atoms with Crippen molar-refractivity contribution in [2.24, 2.45) is 10.4 Å². The smallest absolute Gasteiger partial charge is 0.225 e. The van der Waals surface area contributed by atoms with E-state index >= 15 is 0 Å². The number of carbonyl (C=O) groups is 1. The van der Waals surface area contributed by atoms with Crippen LogP contribution >= 0.6 is 0 Å². The lowest BCUT2D eigenvalue weighted by Gasteiger charge is -2.30. The van der Waals surface area contributed by atoms with Gasteiger partial charge in [-0.15, -0.1) is 0 Å². The summed E-state index contributed by atoms with van der Waals surface area (Å²) >= 11 is 0. The second-order valence-corrected chi connectivity index (χ2v) is 7.40. The van der Waals surface area contributed by atoms with Crippen LogP contribution in [0.4, 0.5) is 5.69 Å². The zero-order valence-electron chi connectivity index (χ0n) is 15.4. The van der Waals surface area contributed by atoms with Crippen LogP contribution in [0.1, 0.15) is 56.9 Å². The van der Waals surface area contributed by atoms with E-state index in [1.807, 2.05) is 25.2 Å². The van der Waals surface area contributed by atoms with Gasteiger partial charge in [0.25, 0.3) is 0 Å². The number of aliphatic imine (C=N–C) groups is 1.